The van der Waals surface area contributed by atoms with Gasteiger partial charge in [0.15, 0.2) is 11.5 Å². The number of nitrogen functional groups attached to an aromatic ring is 1. The maximum Gasteiger partial charge on any atom is 0.265 e. The standard InChI is InChI=1S/C10H12N2O3/c1-10(2)14-7-4-3-6(9(13)12-11)5-8(7)15-10/h3-5H,11H2,1-2H3,(H,12,13). The van der Waals surface area contributed by atoms with Crippen LogP contribution in [0, 0.1) is 0 Å². The first kappa shape index (κ1) is 9.79. The molecule has 1 aliphatic rings. The van der Waals surface area contributed by atoms with Crippen LogP contribution >= 0.6 is 0 Å². The molecule has 80 valence electrons. The average Bonchev–Trinajstić information content (AvgIpc) is 2.49. The molecular formula is C10H12N2O3. The first-order chi connectivity index (χ1) is 7.02. The smallest absolute Gasteiger partial charge is 0.265 e. The quantitative estimate of drug-likeness (QED) is 0.406. The lowest BCUT2D eigenvalue weighted by Crippen LogP contribution is -2.30. The lowest BCUT2D eigenvalue weighted by atomic mass is 10.2. The molecule has 2 rings (SSSR count). The first-order valence-electron chi connectivity index (χ1n) is 4.55. The zero-order valence-corrected chi connectivity index (χ0v) is 8.53. The SMILES string of the molecule is CC1(C)Oc2ccc(C(=O)NN)cc2O1. The van der Waals surface area contributed by atoms with Gasteiger partial charge in [0.05, 0.1) is 0 Å². The van der Waals surface area contributed by atoms with Crippen LogP contribution in [0.5, 0.6) is 11.5 Å². The van der Waals surface area contributed by atoms with Gasteiger partial charge in [-0.15, -0.1) is 0 Å². The van der Waals surface area contributed by atoms with E-state index in [2.05, 4.69) is 5.43 Å². The van der Waals surface area contributed by atoms with Gasteiger partial charge in [-0.1, -0.05) is 0 Å². The fraction of sp³-hybridized carbons (Fsp3) is 0.300. The average molecular weight is 208 g/mol. The summed E-state index contributed by atoms with van der Waals surface area (Å²) in [5.41, 5.74) is 2.50. The molecule has 1 aromatic carbocycles. The van der Waals surface area contributed by atoms with Crippen molar-refractivity contribution >= 4 is 5.91 Å². The lowest BCUT2D eigenvalue weighted by molar-refractivity contribution is -0.0431. The van der Waals surface area contributed by atoms with Gasteiger partial charge in [0.25, 0.3) is 5.91 Å². The summed E-state index contributed by atoms with van der Waals surface area (Å²) in [5.74, 6) is 5.18. The van der Waals surface area contributed by atoms with Gasteiger partial charge in [-0.25, -0.2) is 5.84 Å². The third kappa shape index (κ3) is 1.73. The summed E-state index contributed by atoms with van der Waals surface area (Å²) in [5, 5.41) is 0. The number of nitrogens with one attached hydrogen (secondary N) is 1. The molecule has 1 heterocycles. The number of hydrogen-bond donors (Lipinski definition) is 2. The molecule has 0 spiro atoms. The summed E-state index contributed by atoms with van der Waals surface area (Å²) >= 11 is 0. The van der Waals surface area contributed by atoms with E-state index in [9.17, 15) is 4.79 Å². The van der Waals surface area contributed by atoms with Gasteiger partial charge in [-0.05, 0) is 18.2 Å². The molecule has 1 aliphatic heterocycles. The van der Waals surface area contributed by atoms with Crippen LogP contribution in [0.3, 0.4) is 0 Å². The van der Waals surface area contributed by atoms with Crippen molar-refractivity contribution in [2.75, 3.05) is 0 Å². The monoisotopic (exact) mass is 208 g/mol. The molecule has 3 N–H and O–H groups in total. The molecule has 0 saturated heterocycles. The summed E-state index contributed by atoms with van der Waals surface area (Å²) in [7, 11) is 0. The highest BCUT2D eigenvalue weighted by atomic mass is 16.7. The van der Waals surface area contributed by atoms with Crippen LogP contribution < -0.4 is 20.7 Å². The van der Waals surface area contributed by atoms with E-state index in [-0.39, 0.29) is 5.91 Å². The summed E-state index contributed by atoms with van der Waals surface area (Å²) < 4.78 is 11.0. The second kappa shape index (κ2) is 3.13. The number of benzene rings is 1. The van der Waals surface area contributed by atoms with E-state index < -0.39 is 5.79 Å². The summed E-state index contributed by atoms with van der Waals surface area (Å²) in [6.45, 7) is 3.60. The molecule has 0 aromatic heterocycles. The Morgan fingerprint density at radius 3 is 2.67 bits per heavy atom. The van der Waals surface area contributed by atoms with Crippen LogP contribution in [0.4, 0.5) is 0 Å². The molecule has 15 heavy (non-hydrogen) atoms. The number of nitrogens with two attached hydrogens (primary N) is 1. The molecular weight excluding hydrogens is 196 g/mol. The highest BCUT2D eigenvalue weighted by Gasteiger charge is 2.31. The summed E-state index contributed by atoms with van der Waals surface area (Å²) in [4.78, 5) is 11.2. The summed E-state index contributed by atoms with van der Waals surface area (Å²) in [6.07, 6.45) is 0. The van der Waals surface area contributed by atoms with E-state index in [4.69, 9.17) is 15.3 Å². The number of hydrazine groups is 1. The molecule has 1 amide bonds. The third-order valence-electron chi connectivity index (χ3n) is 2.05. The number of ether oxygens (including phenoxy) is 2. The van der Waals surface area contributed by atoms with Crippen LogP contribution in [0.15, 0.2) is 18.2 Å². The highest BCUT2D eigenvalue weighted by molar-refractivity contribution is 5.94. The number of fused-ring (bicyclic) bond motifs is 1. The van der Waals surface area contributed by atoms with Gasteiger partial charge in [-0.3, -0.25) is 10.2 Å². The topological polar surface area (TPSA) is 73.6 Å². The van der Waals surface area contributed by atoms with E-state index in [0.717, 1.165) is 0 Å². The molecule has 0 saturated carbocycles. The van der Waals surface area contributed by atoms with Crippen LogP contribution in [0.2, 0.25) is 0 Å². The zero-order valence-electron chi connectivity index (χ0n) is 8.53. The van der Waals surface area contributed by atoms with Gasteiger partial charge in [0.1, 0.15) is 0 Å². The van der Waals surface area contributed by atoms with Crippen LogP contribution in [0.1, 0.15) is 24.2 Å². The first-order valence-corrected chi connectivity index (χ1v) is 4.55. The number of rotatable bonds is 1. The van der Waals surface area contributed by atoms with Crippen LogP contribution in [-0.4, -0.2) is 11.7 Å². The Morgan fingerprint density at radius 2 is 2.00 bits per heavy atom. The molecule has 1 aromatic rings. The second-order valence-corrected chi connectivity index (χ2v) is 3.74. The third-order valence-corrected chi connectivity index (χ3v) is 2.05. The Balaban J connectivity index is 2.34. The van der Waals surface area contributed by atoms with Gasteiger partial charge in [-0.2, -0.15) is 0 Å². The molecule has 5 heteroatoms. The number of carbonyl (C=O) groups excluding carboxylic acids is 1. The molecule has 0 bridgehead atoms. The summed E-state index contributed by atoms with van der Waals surface area (Å²) in [6, 6.07) is 4.92. The fourth-order valence-electron chi connectivity index (χ4n) is 1.45. The zero-order chi connectivity index (χ0) is 11.1. The van der Waals surface area contributed by atoms with E-state index in [1.54, 1.807) is 32.0 Å². The Labute approximate surface area is 87.1 Å². The Hall–Kier alpha value is -1.75. The van der Waals surface area contributed by atoms with Gasteiger partial charge >= 0.3 is 0 Å². The van der Waals surface area contributed by atoms with E-state index >= 15 is 0 Å². The number of hydrogen-bond acceptors (Lipinski definition) is 4. The number of amides is 1. The largest absolute Gasteiger partial charge is 0.449 e. The minimum atomic E-state index is -0.680. The van der Waals surface area contributed by atoms with E-state index in [0.29, 0.717) is 17.1 Å². The van der Waals surface area contributed by atoms with Crippen molar-refractivity contribution in [3.05, 3.63) is 23.8 Å². The van der Waals surface area contributed by atoms with Crippen molar-refractivity contribution < 1.29 is 14.3 Å². The molecule has 0 atom stereocenters. The molecule has 0 unspecified atom stereocenters. The minimum absolute atomic E-state index is 0.355. The van der Waals surface area contributed by atoms with Crippen molar-refractivity contribution in [2.45, 2.75) is 19.6 Å². The van der Waals surface area contributed by atoms with E-state index in [1.165, 1.54) is 0 Å². The fourth-order valence-corrected chi connectivity index (χ4v) is 1.45. The molecule has 0 fully saturated rings. The number of carbonyl (C=O) groups is 1. The van der Waals surface area contributed by atoms with Gasteiger partial charge in [0, 0.05) is 19.4 Å². The van der Waals surface area contributed by atoms with E-state index in [1.807, 2.05) is 0 Å². The molecule has 0 aliphatic carbocycles. The normalized spacial score (nSPS) is 16.2. The Morgan fingerprint density at radius 1 is 1.33 bits per heavy atom. The Kier molecular flexibility index (Phi) is 2.04. The highest BCUT2D eigenvalue weighted by Crippen LogP contribution is 2.39. The van der Waals surface area contributed by atoms with Crippen molar-refractivity contribution in [3.63, 3.8) is 0 Å². The van der Waals surface area contributed by atoms with Crippen molar-refractivity contribution in [1.82, 2.24) is 5.43 Å². The van der Waals surface area contributed by atoms with Gasteiger partial charge < -0.3 is 9.47 Å². The van der Waals surface area contributed by atoms with Gasteiger partial charge in [0.2, 0.25) is 5.79 Å². The predicted octanol–water partition coefficient (Wildman–Crippen LogP) is 0.797. The van der Waals surface area contributed by atoms with Crippen molar-refractivity contribution in [3.8, 4) is 11.5 Å². The lowest BCUT2D eigenvalue weighted by Gasteiger charge is -2.16. The minimum Gasteiger partial charge on any atom is -0.449 e. The maximum absolute atomic E-state index is 11.2. The molecule has 0 radical (unpaired) electrons. The Bertz CT molecular complexity index is 415. The van der Waals surface area contributed by atoms with Crippen molar-refractivity contribution in [2.24, 2.45) is 5.84 Å². The van der Waals surface area contributed by atoms with Crippen LogP contribution in [-0.2, 0) is 0 Å². The van der Waals surface area contributed by atoms with Crippen molar-refractivity contribution in [1.29, 1.82) is 0 Å². The van der Waals surface area contributed by atoms with Crippen LogP contribution in [0.25, 0.3) is 0 Å². The second-order valence-electron chi connectivity index (χ2n) is 3.74. The molecule has 5 nitrogen and oxygen atoms in total. The predicted molar refractivity (Wildman–Crippen MR) is 53.4 cm³/mol. The maximum atomic E-state index is 11.2.